The number of halogens is 1. The molecule has 0 atom stereocenters. The van der Waals surface area contributed by atoms with Gasteiger partial charge in [0.15, 0.2) is 0 Å². The molecule has 104 valence electrons. The third-order valence-electron chi connectivity index (χ3n) is 2.56. The second-order valence-electron chi connectivity index (χ2n) is 4.01. The van der Waals surface area contributed by atoms with Gasteiger partial charge in [-0.15, -0.1) is 0 Å². The Balaban J connectivity index is 2.17. The Hall–Kier alpha value is -1.18. The number of thioether (sulfide) groups is 1. The summed E-state index contributed by atoms with van der Waals surface area (Å²) in [6.07, 6.45) is 1.51. The van der Waals surface area contributed by atoms with Crippen molar-refractivity contribution >= 4 is 62.2 Å². The minimum atomic E-state index is -1.20. The van der Waals surface area contributed by atoms with Gasteiger partial charge in [0.2, 0.25) is 0 Å². The number of carbonyl (C=O) groups excluding carboxylic acids is 2. The number of thiocarbonyl (C=S) groups is 1. The second-order valence-corrected chi connectivity index (χ2v) is 6.60. The van der Waals surface area contributed by atoms with E-state index in [1.165, 1.54) is 16.7 Å². The van der Waals surface area contributed by atoms with Crippen molar-refractivity contribution in [3.05, 3.63) is 39.2 Å². The zero-order valence-electron chi connectivity index (χ0n) is 10.2. The Labute approximate surface area is 134 Å². The average Bonchev–Trinajstić information content (AvgIpc) is 2.62. The number of benzene rings is 1. The highest BCUT2D eigenvalue weighted by atomic mass is 79.9. The van der Waals surface area contributed by atoms with Crippen LogP contribution in [-0.2, 0) is 9.59 Å². The summed E-state index contributed by atoms with van der Waals surface area (Å²) in [6, 6.07) is 7.52. The van der Waals surface area contributed by atoms with Gasteiger partial charge in [-0.2, -0.15) is 0 Å². The Morgan fingerprint density at radius 3 is 2.90 bits per heavy atom. The minimum absolute atomic E-state index is 0.0445. The topological polar surface area (TPSA) is 60.4 Å². The van der Waals surface area contributed by atoms with Crippen LogP contribution in [-0.4, -0.2) is 27.6 Å². The van der Waals surface area contributed by atoms with E-state index in [1.54, 1.807) is 6.08 Å². The Morgan fingerprint density at radius 2 is 2.25 bits per heavy atom. The van der Waals surface area contributed by atoms with Crippen molar-refractivity contribution < 1.29 is 14.7 Å². The van der Waals surface area contributed by atoms with Crippen LogP contribution in [0.5, 0.6) is 0 Å². The highest BCUT2D eigenvalue weighted by molar-refractivity contribution is 9.10. The summed E-state index contributed by atoms with van der Waals surface area (Å²) >= 11 is 9.63. The molecule has 0 radical (unpaired) electrons. The van der Waals surface area contributed by atoms with E-state index in [4.69, 9.17) is 12.2 Å². The molecule has 1 heterocycles. The molecule has 1 aliphatic rings. The molecule has 1 aliphatic heterocycles. The summed E-state index contributed by atoms with van der Waals surface area (Å²) in [5.74, 6) is -1.46. The number of aliphatic carboxylic acids is 1. The predicted molar refractivity (Wildman–Crippen MR) is 83.6 cm³/mol. The lowest BCUT2D eigenvalue weighted by Gasteiger charge is -2.14. The standard InChI is InChI=1S/C13H10BrNO3S2/c14-9-3-1-2-8(6-9)7-10-12(18)15(13(19)20-10)5-4-11(16)17/h1-3,6-7H,4-5H2,(H,16,17)/p-1/b10-7-. The van der Waals surface area contributed by atoms with Gasteiger partial charge >= 0.3 is 0 Å². The third-order valence-corrected chi connectivity index (χ3v) is 4.43. The number of hydrogen-bond acceptors (Lipinski definition) is 5. The summed E-state index contributed by atoms with van der Waals surface area (Å²) in [4.78, 5) is 24.4. The van der Waals surface area contributed by atoms with Crippen molar-refractivity contribution in [2.45, 2.75) is 6.42 Å². The van der Waals surface area contributed by atoms with Gasteiger partial charge in [-0.25, -0.2) is 0 Å². The molecular weight excluding hydrogens is 362 g/mol. The molecule has 0 unspecified atom stereocenters. The summed E-state index contributed by atoms with van der Waals surface area (Å²) in [5.41, 5.74) is 0.875. The van der Waals surface area contributed by atoms with Crippen molar-refractivity contribution in [2.24, 2.45) is 0 Å². The molecule has 20 heavy (non-hydrogen) atoms. The molecule has 1 fully saturated rings. The Bertz CT molecular complexity index is 615. The van der Waals surface area contributed by atoms with Gasteiger partial charge < -0.3 is 9.90 Å². The van der Waals surface area contributed by atoms with Gasteiger partial charge in [0.25, 0.3) is 5.91 Å². The maximum Gasteiger partial charge on any atom is 0.266 e. The Kier molecular flexibility index (Phi) is 4.95. The first-order valence-electron chi connectivity index (χ1n) is 5.68. The fourth-order valence-corrected chi connectivity index (χ4v) is 3.37. The molecule has 0 saturated carbocycles. The maximum atomic E-state index is 12.1. The van der Waals surface area contributed by atoms with Crippen LogP contribution in [0.3, 0.4) is 0 Å². The van der Waals surface area contributed by atoms with Crippen molar-refractivity contribution in [2.75, 3.05) is 6.54 Å². The van der Waals surface area contributed by atoms with E-state index < -0.39 is 5.97 Å². The van der Waals surface area contributed by atoms with E-state index in [1.807, 2.05) is 24.3 Å². The van der Waals surface area contributed by atoms with Gasteiger partial charge in [-0.05, 0) is 23.8 Å². The van der Waals surface area contributed by atoms with Crippen molar-refractivity contribution in [1.82, 2.24) is 4.90 Å². The molecule has 0 aromatic heterocycles. The summed E-state index contributed by atoms with van der Waals surface area (Å²) in [6.45, 7) is 0.0445. The van der Waals surface area contributed by atoms with Gasteiger partial charge in [-0.3, -0.25) is 9.69 Å². The lowest BCUT2D eigenvalue weighted by atomic mass is 10.2. The number of carbonyl (C=O) groups is 2. The number of rotatable bonds is 4. The summed E-state index contributed by atoms with van der Waals surface area (Å²) in [5, 5.41) is 10.5. The van der Waals surface area contributed by atoms with Crippen LogP contribution in [0.2, 0.25) is 0 Å². The minimum Gasteiger partial charge on any atom is -0.550 e. The van der Waals surface area contributed by atoms with Crippen LogP contribution in [0.4, 0.5) is 0 Å². The van der Waals surface area contributed by atoms with E-state index in [9.17, 15) is 14.7 Å². The molecule has 1 aromatic rings. The molecule has 1 aromatic carbocycles. The first kappa shape index (κ1) is 15.2. The van der Waals surface area contributed by atoms with E-state index in [-0.39, 0.29) is 18.9 Å². The summed E-state index contributed by atoms with van der Waals surface area (Å²) < 4.78 is 1.29. The van der Waals surface area contributed by atoms with Crippen LogP contribution < -0.4 is 5.11 Å². The van der Waals surface area contributed by atoms with Crippen LogP contribution in [0.15, 0.2) is 33.6 Å². The van der Waals surface area contributed by atoms with Crippen molar-refractivity contribution in [3.8, 4) is 0 Å². The highest BCUT2D eigenvalue weighted by Gasteiger charge is 2.31. The number of hydrogen-bond donors (Lipinski definition) is 0. The molecule has 2 rings (SSSR count). The predicted octanol–water partition coefficient (Wildman–Crippen LogP) is 1.79. The fraction of sp³-hybridized carbons (Fsp3) is 0.154. The first-order valence-corrected chi connectivity index (χ1v) is 7.70. The van der Waals surface area contributed by atoms with E-state index in [2.05, 4.69) is 15.9 Å². The monoisotopic (exact) mass is 370 g/mol. The third kappa shape index (κ3) is 3.68. The fourth-order valence-electron chi connectivity index (χ4n) is 1.64. The average molecular weight is 371 g/mol. The molecule has 0 aliphatic carbocycles. The van der Waals surface area contributed by atoms with Crippen LogP contribution >= 0.6 is 39.9 Å². The summed E-state index contributed by atoms with van der Waals surface area (Å²) in [7, 11) is 0. The molecule has 0 spiro atoms. The lowest BCUT2D eigenvalue weighted by molar-refractivity contribution is -0.305. The maximum absolute atomic E-state index is 12.1. The normalized spacial score (nSPS) is 17.1. The zero-order chi connectivity index (χ0) is 14.7. The molecule has 1 saturated heterocycles. The van der Waals surface area contributed by atoms with Gasteiger partial charge in [0, 0.05) is 23.4 Å². The quantitative estimate of drug-likeness (QED) is 0.597. The van der Waals surface area contributed by atoms with Gasteiger partial charge in [0.05, 0.1) is 4.91 Å². The Morgan fingerprint density at radius 1 is 1.50 bits per heavy atom. The number of nitrogens with zero attached hydrogens (tertiary/aromatic N) is 1. The molecule has 1 amide bonds. The number of carboxylic acids is 1. The van der Waals surface area contributed by atoms with Crippen LogP contribution in [0.25, 0.3) is 6.08 Å². The molecule has 7 heteroatoms. The van der Waals surface area contributed by atoms with Crippen LogP contribution in [0.1, 0.15) is 12.0 Å². The smallest absolute Gasteiger partial charge is 0.266 e. The highest BCUT2D eigenvalue weighted by Crippen LogP contribution is 2.32. The largest absolute Gasteiger partial charge is 0.550 e. The van der Waals surface area contributed by atoms with Gasteiger partial charge in [0.1, 0.15) is 4.32 Å². The zero-order valence-corrected chi connectivity index (χ0v) is 13.4. The van der Waals surface area contributed by atoms with Gasteiger partial charge in [-0.1, -0.05) is 52.0 Å². The van der Waals surface area contributed by atoms with E-state index >= 15 is 0 Å². The molecule has 0 bridgehead atoms. The molecule has 4 nitrogen and oxygen atoms in total. The van der Waals surface area contributed by atoms with Crippen molar-refractivity contribution in [1.29, 1.82) is 0 Å². The van der Waals surface area contributed by atoms with E-state index in [0.29, 0.717) is 9.23 Å². The second kappa shape index (κ2) is 6.51. The number of carboxylic acid groups (broad SMARTS) is 1. The lowest BCUT2D eigenvalue weighted by Crippen LogP contribution is -2.33. The van der Waals surface area contributed by atoms with Crippen LogP contribution in [0, 0.1) is 0 Å². The molecule has 0 N–H and O–H groups in total. The first-order chi connectivity index (χ1) is 9.47. The SMILES string of the molecule is O=C([O-])CCN1C(=O)/C(=C/c2cccc(Br)c2)SC1=S. The van der Waals surface area contributed by atoms with E-state index in [0.717, 1.165) is 10.0 Å². The molecular formula is C13H9BrNO3S2-. The van der Waals surface area contributed by atoms with Crippen molar-refractivity contribution in [3.63, 3.8) is 0 Å². The number of amides is 1.